The summed E-state index contributed by atoms with van der Waals surface area (Å²) in [6.45, 7) is 4.85. The van der Waals surface area contributed by atoms with Gasteiger partial charge in [0.05, 0.1) is 18.4 Å². The van der Waals surface area contributed by atoms with E-state index >= 15 is 0 Å². The molecule has 0 spiro atoms. The number of hydrogen-bond acceptors (Lipinski definition) is 4. The molecule has 0 aliphatic carbocycles. The molecule has 1 amide bonds. The van der Waals surface area contributed by atoms with E-state index in [9.17, 15) is 4.79 Å². The number of pyridine rings is 1. The number of rotatable bonds is 7. The molecular formula is C23H25N3O2. The third-order valence-electron chi connectivity index (χ3n) is 4.49. The van der Waals surface area contributed by atoms with E-state index in [1.807, 2.05) is 54.6 Å². The van der Waals surface area contributed by atoms with Crippen molar-refractivity contribution in [3.05, 3.63) is 83.7 Å². The monoisotopic (exact) mass is 375 g/mol. The molecule has 144 valence electrons. The molecule has 5 heteroatoms. The summed E-state index contributed by atoms with van der Waals surface area (Å²) < 4.78 is 5.17. The quantitative estimate of drug-likeness (QED) is 0.605. The number of carbonyl (C=O) groups excluding carboxylic acids is 1. The highest BCUT2D eigenvalue weighted by molar-refractivity contribution is 6.05. The van der Waals surface area contributed by atoms with Crippen LogP contribution in [0.1, 0.15) is 41.3 Å². The molecule has 1 aromatic heterocycles. The van der Waals surface area contributed by atoms with Gasteiger partial charge in [-0.05, 0) is 41.3 Å². The summed E-state index contributed by atoms with van der Waals surface area (Å²) in [5.41, 5.74) is 4.36. The average molecular weight is 375 g/mol. The van der Waals surface area contributed by atoms with Crippen LogP contribution in [-0.4, -0.2) is 18.0 Å². The van der Waals surface area contributed by atoms with Crippen LogP contribution in [0, 0.1) is 0 Å². The number of para-hydroxylation sites is 1. The first-order chi connectivity index (χ1) is 13.6. The molecule has 5 nitrogen and oxygen atoms in total. The van der Waals surface area contributed by atoms with Gasteiger partial charge in [-0.1, -0.05) is 44.2 Å². The highest BCUT2D eigenvalue weighted by Crippen LogP contribution is 2.24. The summed E-state index contributed by atoms with van der Waals surface area (Å²) in [5.74, 6) is 0.978. The Balaban J connectivity index is 1.67. The maximum atomic E-state index is 12.7. The van der Waals surface area contributed by atoms with Crippen molar-refractivity contribution in [3.63, 3.8) is 0 Å². The molecule has 0 bridgehead atoms. The molecule has 3 rings (SSSR count). The number of nitrogens with zero attached hydrogens (tertiary/aromatic N) is 1. The number of aromatic nitrogens is 1. The van der Waals surface area contributed by atoms with E-state index in [0.29, 0.717) is 18.0 Å². The second-order valence-corrected chi connectivity index (χ2v) is 6.86. The van der Waals surface area contributed by atoms with Gasteiger partial charge in [0.2, 0.25) is 0 Å². The molecule has 0 saturated carbocycles. The van der Waals surface area contributed by atoms with Crippen molar-refractivity contribution in [2.75, 3.05) is 17.7 Å². The largest absolute Gasteiger partial charge is 0.497 e. The number of amides is 1. The molecule has 1 heterocycles. The van der Waals surface area contributed by atoms with Crippen molar-refractivity contribution in [1.29, 1.82) is 0 Å². The van der Waals surface area contributed by atoms with Crippen LogP contribution < -0.4 is 15.4 Å². The molecule has 0 unspecified atom stereocenters. The summed E-state index contributed by atoms with van der Waals surface area (Å²) >= 11 is 0. The summed E-state index contributed by atoms with van der Waals surface area (Å²) in [6, 6.07) is 17.5. The van der Waals surface area contributed by atoms with Crippen LogP contribution in [0.15, 0.2) is 67.0 Å². The van der Waals surface area contributed by atoms with E-state index in [0.717, 1.165) is 28.3 Å². The Hall–Kier alpha value is -3.34. The van der Waals surface area contributed by atoms with Gasteiger partial charge in [0, 0.05) is 24.6 Å². The van der Waals surface area contributed by atoms with Crippen molar-refractivity contribution in [2.45, 2.75) is 26.3 Å². The van der Waals surface area contributed by atoms with E-state index in [2.05, 4.69) is 29.5 Å². The summed E-state index contributed by atoms with van der Waals surface area (Å²) in [6.07, 6.45) is 3.29. The van der Waals surface area contributed by atoms with E-state index < -0.39 is 0 Å². The van der Waals surface area contributed by atoms with Crippen molar-refractivity contribution in [3.8, 4) is 5.75 Å². The second kappa shape index (κ2) is 9.04. The second-order valence-electron chi connectivity index (χ2n) is 6.86. The summed E-state index contributed by atoms with van der Waals surface area (Å²) in [5, 5.41) is 6.31. The van der Waals surface area contributed by atoms with Gasteiger partial charge < -0.3 is 15.4 Å². The number of ether oxygens (including phenoxy) is 1. The maximum Gasteiger partial charge on any atom is 0.257 e. The molecule has 2 aromatic carbocycles. The van der Waals surface area contributed by atoms with E-state index in [-0.39, 0.29) is 5.91 Å². The minimum atomic E-state index is -0.173. The van der Waals surface area contributed by atoms with Crippen LogP contribution >= 0.6 is 0 Å². The normalized spacial score (nSPS) is 10.6. The number of nitrogens with one attached hydrogen (secondary N) is 2. The van der Waals surface area contributed by atoms with Gasteiger partial charge in [-0.15, -0.1) is 0 Å². The molecule has 0 fully saturated rings. The Kier molecular flexibility index (Phi) is 6.27. The van der Waals surface area contributed by atoms with E-state index in [1.54, 1.807) is 19.5 Å². The van der Waals surface area contributed by atoms with Crippen LogP contribution in [0.25, 0.3) is 0 Å². The highest BCUT2D eigenvalue weighted by atomic mass is 16.5. The minimum Gasteiger partial charge on any atom is -0.497 e. The number of methoxy groups -OCH3 is 1. The number of anilines is 2. The van der Waals surface area contributed by atoms with Crippen LogP contribution in [0.2, 0.25) is 0 Å². The lowest BCUT2D eigenvalue weighted by atomic mass is 10.0. The Morgan fingerprint density at radius 1 is 1.07 bits per heavy atom. The van der Waals surface area contributed by atoms with Crippen molar-refractivity contribution in [1.82, 2.24) is 4.98 Å². The molecule has 2 N–H and O–H groups in total. The standard InChI is InChI=1S/C23H25N3O2/c1-16(2)21-6-4-5-7-22(21)26-23(27)18-12-19(15-24-14-18)25-13-17-8-10-20(28-3)11-9-17/h4-12,14-16,25H,13H2,1-3H3,(H,26,27). The van der Waals surface area contributed by atoms with E-state index in [1.165, 1.54) is 0 Å². The Morgan fingerprint density at radius 2 is 1.82 bits per heavy atom. The van der Waals surface area contributed by atoms with E-state index in [4.69, 9.17) is 4.74 Å². The molecular weight excluding hydrogens is 350 g/mol. The predicted molar refractivity (Wildman–Crippen MR) is 113 cm³/mol. The number of carbonyl (C=O) groups is 1. The van der Waals surface area contributed by atoms with Gasteiger partial charge in [-0.3, -0.25) is 9.78 Å². The first-order valence-corrected chi connectivity index (χ1v) is 9.29. The molecule has 0 radical (unpaired) electrons. The SMILES string of the molecule is COc1ccc(CNc2cncc(C(=O)Nc3ccccc3C(C)C)c2)cc1. The third kappa shape index (κ3) is 4.88. The zero-order chi connectivity index (χ0) is 19.9. The Labute approximate surface area is 165 Å². The van der Waals surface area contributed by atoms with Crippen LogP contribution in [0.5, 0.6) is 5.75 Å². The molecule has 0 aliphatic rings. The van der Waals surface area contributed by atoms with Gasteiger partial charge in [0.15, 0.2) is 0 Å². The lowest BCUT2D eigenvalue weighted by Gasteiger charge is -2.14. The van der Waals surface area contributed by atoms with Crippen LogP contribution in [0.4, 0.5) is 11.4 Å². The zero-order valence-corrected chi connectivity index (χ0v) is 16.4. The number of benzene rings is 2. The average Bonchev–Trinajstić information content (AvgIpc) is 2.73. The Morgan fingerprint density at radius 3 is 2.54 bits per heavy atom. The first kappa shape index (κ1) is 19.4. The van der Waals surface area contributed by atoms with Gasteiger partial charge >= 0.3 is 0 Å². The smallest absolute Gasteiger partial charge is 0.257 e. The zero-order valence-electron chi connectivity index (χ0n) is 16.4. The third-order valence-corrected chi connectivity index (χ3v) is 4.49. The summed E-state index contributed by atoms with van der Waals surface area (Å²) in [7, 11) is 1.65. The van der Waals surface area contributed by atoms with Crippen LogP contribution in [0.3, 0.4) is 0 Å². The fraction of sp³-hybridized carbons (Fsp3) is 0.217. The number of hydrogen-bond donors (Lipinski definition) is 2. The maximum absolute atomic E-state index is 12.7. The minimum absolute atomic E-state index is 0.173. The van der Waals surface area contributed by atoms with Crippen molar-refractivity contribution < 1.29 is 9.53 Å². The fourth-order valence-electron chi connectivity index (χ4n) is 2.92. The van der Waals surface area contributed by atoms with Crippen molar-refractivity contribution in [2.24, 2.45) is 0 Å². The lowest BCUT2D eigenvalue weighted by Crippen LogP contribution is -2.14. The molecule has 3 aromatic rings. The van der Waals surface area contributed by atoms with Gasteiger partial charge in [0.1, 0.15) is 5.75 Å². The van der Waals surface area contributed by atoms with Gasteiger partial charge in [-0.25, -0.2) is 0 Å². The molecule has 0 saturated heterocycles. The Bertz CT molecular complexity index is 937. The first-order valence-electron chi connectivity index (χ1n) is 9.29. The fourth-order valence-corrected chi connectivity index (χ4v) is 2.92. The van der Waals surface area contributed by atoms with Gasteiger partial charge in [-0.2, -0.15) is 0 Å². The molecule has 0 aliphatic heterocycles. The van der Waals surface area contributed by atoms with Gasteiger partial charge in [0.25, 0.3) is 5.91 Å². The highest BCUT2D eigenvalue weighted by Gasteiger charge is 2.11. The topological polar surface area (TPSA) is 63.2 Å². The van der Waals surface area contributed by atoms with Crippen molar-refractivity contribution >= 4 is 17.3 Å². The summed E-state index contributed by atoms with van der Waals surface area (Å²) in [4.78, 5) is 16.9. The predicted octanol–water partition coefficient (Wildman–Crippen LogP) is 5.08. The lowest BCUT2D eigenvalue weighted by molar-refractivity contribution is 0.102. The molecule has 0 atom stereocenters. The molecule has 28 heavy (non-hydrogen) atoms. The van der Waals surface area contributed by atoms with Crippen LogP contribution in [-0.2, 0) is 6.54 Å².